The van der Waals surface area contributed by atoms with E-state index in [1.165, 1.54) is 24.5 Å². The van der Waals surface area contributed by atoms with E-state index < -0.39 is 17.8 Å². The van der Waals surface area contributed by atoms with Crippen molar-refractivity contribution in [3.8, 4) is 0 Å². The van der Waals surface area contributed by atoms with E-state index in [2.05, 4.69) is 5.32 Å². The largest absolute Gasteiger partial charge is 0.368 e. The number of hydrogen-bond donors (Lipinski definition) is 2. The highest BCUT2D eigenvalue weighted by Gasteiger charge is 2.24. The Morgan fingerprint density at radius 3 is 2.38 bits per heavy atom. The van der Waals surface area contributed by atoms with Gasteiger partial charge in [0.05, 0.1) is 5.69 Å². The molecule has 1 saturated carbocycles. The number of amides is 1. The Bertz CT molecular complexity index is 650. The normalized spacial score (nSPS) is 15.5. The average Bonchev–Trinajstić information content (AvgIpc) is 3.31. The molecule has 1 aliphatic rings. The quantitative estimate of drug-likeness (QED) is 0.884. The van der Waals surface area contributed by atoms with E-state index in [0.717, 1.165) is 5.56 Å². The first-order chi connectivity index (χ1) is 10.1. The fourth-order valence-electron chi connectivity index (χ4n) is 2.43. The van der Waals surface area contributed by atoms with Crippen LogP contribution in [0, 0.1) is 5.82 Å². The molecule has 1 atom stereocenters. The number of benzene rings is 2. The van der Waals surface area contributed by atoms with Gasteiger partial charge in [0.2, 0.25) is 5.91 Å². The summed E-state index contributed by atoms with van der Waals surface area (Å²) in [4.78, 5) is 11.7. The van der Waals surface area contributed by atoms with Gasteiger partial charge in [-0.2, -0.15) is 0 Å². The molecule has 1 aliphatic carbocycles. The first-order valence-corrected chi connectivity index (χ1v) is 7.05. The molecule has 0 heterocycles. The van der Waals surface area contributed by atoms with Crippen LogP contribution in [0.15, 0.2) is 48.5 Å². The number of anilines is 1. The first-order valence-electron chi connectivity index (χ1n) is 7.05. The summed E-state index contributed by atoms with van der Waals surface area (Å²) in [6, 6.07) is 13.3. The highest BCUT2D eigenvalue weighted by molar-refractivity contribution is 5.84. The van der Waals surface area contributed by atoms with Crippen LogP contribution in [0.5, 0.6) is 0 Å². The van der Waals surface area contributed by atoms with E-state index in [4.69, 9.17) is 5.73 Å². The highest BCUT2D eigenvalue weighted by Crippen LogP contribution is 2.40. The molecule has 0 radical (unpaired) electrons. The van der Waals surface area contributed by atoms with Crippen LogP contribution in [0.1, 0.15) is 35.9 Å². The lowest BCUT2D eigenvalue weighted by Gasteiger charge is -2.18. The number of rotatable bonds is 5. The Balaban J connectivity index is 1.83. The minimum Gasteiger partial charge on any atom is -0.368 e. The molecule has 3 N–H and O–H groups in total. The Hall–Kier alpha value is -2.36. The molecule has 21 heavy (non-hydrogen) atoms. The van der Waals surface area contributed by atoms with Crippen molar-refractivity contribution in [3.63, 3.8) is 0 Å². The third-order valence-corrected chi connectivity index (χ3v) is 3.78. The van der Waals surface area contributed by atoms with Gasteiger partial charge in [-0.25, -0.2) is 4.39 Å². The molecule has 2 aromatic carbocycles. The van der Waals surface area contributed by atoms with Crippen LogP contribution < -0.4 is 11.1 Å². The third kappa shape index (κ3) is 3.05. The second-order valence-electron chi connectivity index (χ2n) is 5.40. The topological polar surface area (TPSA) is 55.1 Å². The lowest BCUT2D eigenvalue weighted by Crippen LogP contribution is -2.28. The average molecular weight is 284 g/mol. The standard InChI is InChI=1S/C17H17FN2O/c18-14-3-1-2-4-15(14)20-16(17(19)21)13-9-7-12(8-10-13)11-5-6-11/h1-4,7-11,16,20H,5-6H2,(H2,19,21). The Kier molecular flexibility index (Phi) is 3.60. The molecule has 4 heteroatoms. The molecule has 0 aromatic heterocycles. The SMILES string of the molecule is NC(=O)C(Nc1ccccc1F)c1ccc(C2CC2)cc1. The molecule has 1 unspecified atom stereocenters. The first kappa shape index (κ1) is 13.6. The number of halogens is 1. The molecule has 1 fully saturated rings. The molecule has 108 valence electrons. The number of nitrogens with two attached hydrogens (primary N) is 1. The van der Waals surface area contributed by atoms with Gasteiger partial charge in [0, 0.05) is 0 Å². The van der Waals surface area contributed by atoms with Gasteiger partial charge in [-0.3, -0.25) is 4.79 Å². The number of primary amides is 1. The van der Waals surface area contributed by atoms with Crippen LogP contribution in [0.2, 0.25) is 0 Å². The van der Waals surface area contributed by atoms with Gasteiger partial charge >= 0.3 is 0 Å². The third-order valence-electron chi connectivity index (χ3n) is 3.78. The van der Waals surface area contributed by atoms with Crippen LogP contribution in [0.4, 0.5) is 10.1 Å². The van der Waals surface area contributed by atoms with Gasteiger partial charge in [-0.15, -0.1) is 0 Å². The molecule has 0 bridgehead atoms. The lowest BCUT2D eigenvalue weighted by molar-refractivity contribution is -0.118. The second-order valence-corrected chi connectivity index (χ2v) is 5.40. The summed E-state index contributed by atoms with van der Waals surface area (Å²) in [7, 11) is 0. The van der Waals surface area contributed by atoms with Gasteiger partial charge < -0.3 is 11.1 Å². The number of para-hydroxylation sites is 1. The summed E-state index contributed by atoms with van der Waals surface area (Å²) in [6.45, 7) is 0. The molecule has 0 aliphatic heterocycles. The molecule has 3 rings (SSSR count). The summed E-state index contributed by atoms with van der Waals surface area (Å²) in [5.41, 5.74) is 7.75. The van der Waals surface area contributed by atoms with E-state index in [9.17, 15) is 9.18 Å². The van der Waals surface area contributed by atoms with Crippen molar-refractivity contribution < 1.29 is 9.18 Å². The van der Waals surface area contributed by atoms with E-state index in [1.807, 2.05) is 24.3 Å². The van der Waals surface area contributed by atoms with Crippen LogP contribution in [0.25, 0.3) is 0 Å². The van der Waals surface area contributed by atoms with Crippen LogP contribution in [0.3, 0.4) is 0 Å². The van der Waals surface area contributed by atoms with E-state index >= 15 is 0 Å². The summed E-state index contributed by atoms with van der Waals surface area (Å²) >= 11 is 0. The smallest absolute Gasteiger partial charge is 0.244 e. The van der Waals surface area contributed by atoms with Crippen molar-refractivity contribution in [2.24, 2.45) is 5.73 Å². The van der Waals surface area contributed by atoms with Crippen molar-refractivity contribution in [3.05, 3.63) is 65.5 Å². The molecular formula is C17H17FN2O. The summed E-state index contributed by atoms with van der Waals surface area (Å²) in [5.74, 6) is -0.276. The summed E-state index contributed by atoms with van der Waals surface area (Å²) in [5, 5.41) is 2.88. The van der Waals surface area contributed by atoms with Crippen molar-refractivity contribution in [1.82, 2.24) is 0 Å². The Morgan fingerprint density at radius 2 is 1.81 bits per heavy atom. The fraction of sp³-hybridized carbons (Fsp3) is 0.235. The maximum Gasteiger partial charge on any atom is 0.244 e. The maximum atomic E-state index is 13.7. The lowest BCUT2D eigenvalue weighted by atomic mass is 10.0. The van der Waals surface area contributed by atoms with E-state index in [1.54, 1.807) is 18.2 Å². The zero-order valence-electron chi connectivity index (χ0n) is 11.6. The molecule has 2 aromatic rings. The highest BCUT2D eigenvalue weighted by atomic mass is 19.1. The van der Waals surface area contributed by atoms with Gasteiger partial charge in [0.1, 0.15) is 11.9 Å². The zero-order valence-corrected chi connectivity index (χ0v) is 11.6. The predicted molar refractivity (Wildman–Crippen MR) is 80.4 cm³/mol. The van der Waals surface area contributed by atoms with E-state index in [0.29, 0.717) is 5.92 Å². The van der Waals surface area contributed by atoms with Crippen LogP contribution in [-0.2, 0) is 4.79 Å². The van der Waals surface area contributed by atoms with Crippen LogP contribution >= 0.6 is 0 Å². The minimum atomic E-state index is -0.741. The van der Waals surface area contributed by atoms with Crippen molar-refractivity contribution in [2.45, 2.75) is 24.8 Å². The van der Waals surface area contributed by atoms with Crippen molar-refractivity contribution in [2.75, 3.05) is 5.32 Å². The van der Waals surface area contributed by atoms with Crippen molar-refractivity contribution in [1.29, 1.82) is 0 Å². The zero-order chi connectivity index (χ0) is 14.8. The van der Waals surface area contributed by atoms with E-state index in [-0.39, 0.29) is 5.69 Å². The summed E-state index contributed by atoms with van der Waals surface area (Å²) < 4.78 is 13.7. The van der Waals surface area contributed by atoms with Gasteiger partial charge in [-0.1, -0.05) is 36.4 Å². The summed E-state index contributed by atoms with van der Waals surface area (Å²) in [6.07, 6.45) is 2.46. The molecular weight excluding hydrogens is 267 g/mol. The molecule has 0 spiro atoms. The number of carbonyl (C=O) groups excluding carboxylic acids is 1. The monoisotopic (exact) mass is 284 g/mol. The number of carbonyl (C=O) groups is 1. The molecule has 0 saturated heterocycles. The van der Waals surface area contributed by atoms with Gasteiger partial charge in [0.25, 0.3) is 0 Å². The predicted octanol–water partition coefficient (Wildman–Crippen LogP) is 3.34. The van der Waals surface area contributed by atoms with Gasteiger partial charge in [0.15, 0.2) is 0 Å². The Labute approximate surface area is 123 Å². The van der Waals surface area contributed by atoms with Crippen LogP contribution in [-0.4, -0.2) is 5.91 Å². The second kappa shape index (κ2) is 5.56. The molecule has 1 amide bonds. The number of hydrogen-bond acceptors (Lipinski definition) is 2. The Morgan fingerprint density at radius 1 is 1.14 bits per heavy atom. The van der Waals surface area contributed by atoms with Gasteiger partial charge in [-0.05, 0) is 42.0 Å². The minimum absolute atomic E-state index is 0.271. The number of nitrogens with one attached hydrogen (secondary N) is 1. The van der Waals surface area contributed by atoms with Crippen molar-refractivity contribution >= 4 is 11.6 Å². The molecule has 3 nitrogen and oxygen atoms in total. The fourth-order valence-corrected chi connectivity index (χ4v) is 2.43. The maximum absolute atomic E-state index is 13.7.